The molecule has 0 amide bonds. The molecule has 0 unspecified atom stereocenters. The highest BCUT2D eigenvalue weighted by atomic mass is 15.3. The Bertz CT molecular complexity index is 474. The molecule has 0 bridgehead atoms. The van der Waals surface area contributed by atoms with E-state index in [2.05, 4.69) is 45.6 Å². The van der Waals surface area contributed by atoms with Crippen molar-refractivity contribution >= 4 is 11.4 Å². The fourth-order valence-electron chi connectivity index (χ4n) is 3.74. The van der Waals surface area contributed by atoms with Crippen LogP contribution in [0.1, 0.15) is 18.4 Å². The van der Waals surface area contributed by atoms with Gasteiger partial charge in [-0.3, -0.25) is 4.90 Å². The first kappa shape index (κ1) is 15.6. The number of nitrogens with one attached hydrogen (secondary N) is 2. The fraction of sp³-hybridized carbons (Fsp3) is 0.667. The first-order valence-electron chi connectivity index (χ1n) is 8.72. The zero-order chi connectivity index (χ0) is 15.4. The van der Waals surface area contributed by atoms with Gasteiger partial charge < -0.3 is 15.5 Å². The van der Waals surface area contributed by atoms with Gasteiger partial charge in [0.05, 0.1) is 0 Å². The van der Waals surface area contributed by atoms with Crippen molar-refractivity contribution in [2.24, 2.45) is 5.92 Å². The smallest absolute Gasteiger partial charge is 0.0371 e. The molecule has 0 spiro atoms. The monoisotopic (exact) mass is 302 g/mol. The first-order chi connectivity index (χ1) is 10.8. The van der Waals surface area contributed by atoms with Crippen LogP contribution in [-0.2, 0) is 0 Å². The van der Waals surface area contributed by atoms with Gasteiger partial charge in [-0.05, 0) is 62.5 Å². The lowest BCUT2D eigenvalue weighted by atomic mass is 9.97. The van der Waals surface area contributed by atoms with Crippen molar-refractivity contribution in [3.63, 3.8) is 0 Å². The van der Waals surface area contributed by atoms with Gasteiger partial charge in [-0.1, -0.05) is 0 Å². The molecule has 0 saturated carbocycles. The first-order valence-corrected chi connectivity index (χ1v) is 8.72. The highest BCUT2D eigenvalue weighted by molar-refractivity contribution is 5.60. The lowest BCUT2D eigenvalue weighted by molar-refractivity contribution is 0.196. The summed E-state index contributed by atoms with van der Waals surface area (Å²) in [7, 11) is 1.99. The lowest BCUT2D eigenvalue weighted by Crippen LogP contribution is -2.48. The maximum Gasteiger partial charge on any atom is 0.0371 e. The maximum absolute atomic E-state index is 3.46. The van der Waals surface area contributed by atoms with Gasteiger partial charge in [-0.2, -0.15) is 0 Å². The summed E-state index contributed by atoms with van der Waals surface area (Å²) >= 11 is 0. The molecule has 0 radical (unpaired) electrons. The zero-order valence-electron chi connectivity index (χ0n) is 14.1. The summed E-state index contributed by atoms with van der Waals surface area (Å²) in [5.41, 5.74) is 3.93. The second kappa shape index (κ2) is 7.34. The average Bonchev–Trinajstić information content (AvgIpc) is 2.56. The topological polar surface area (TPSA) is 30.5 Å². The molecule has 4 nitrogen and oxygen atoms in total. The summed E-state index contributed by atoms with van der Waals surface area (Å²) in [6.45, 7) is 10.6. The molecule has 4 heteroatoms. The minimum Gasteiger partial charge on any atom is -0.388 e. The van der Waals surface area contributed by atoms with Crippen LogP contribution in [0.25, 0.3) is 0 Å². The van der Waals surface area contributed by atoms with Gasteiger partial charge in [0.25, 0.3) is 0 Å². The minimum atomic E-state index is 0.907. The van der Waals surface area contributed by atoms with E-state index in [9.17, 15) is 0 Å². The van der Waals surface area contributed by atoms with Crippen LogP contribution >= 0.6 is 0 Å². The summed E-state index contributed by atoms with van der Waals surface area (Å²) in [4.78, 5) is 5.20. The normalized spacial score (nSPS) is 21.1. The van der Waals surface area contributed by atoms with Gasteiger partial charge in [0.15, 0.2) is 0 Å². The van der Waals surface area contributed by atoms with E-state index < -0.39 is 0 Å². The van der Waals surface area contributed by atoms with E-state index >= 15 is 0 Å². The predicted octanol–water partition coefficient (Wildman–Crippen LogP) is 2.16. The van der Waals surface area contributed by atoms with Gasteiger partial charge in [0.1, 0.15) is 0 Å². The van der Waals surface area contributed by atoms with Gasteiger partial charge in [0.2, 0.25) is 0 Å². The summed E-state index contributed by atoms with van der Waals surface area (Å²) in [6, 6.07) is 6.77. The third-order valence-corrected chi connectivity index (χ3v) is 5.19. The number of nitrogens with zero attached hydrogens (tertiary/aromatic N) is 2. The van der Waals surface area contributed by atoms with Crippen LogP contribution in [0.2, 0.25) is 0 Å². The van der Waals surface area contributed by atoms with Crippen LogP contribution in [-0.4, -0.2) is 57.8 Å². The molecular weight excluding hydrogens is 272 g/mol. The van der Waals surface area contributed by atoms with E-state index in [0.29, 0.717) is 0 Å². The van der Waals surface area contributed by atoms with Crippen LogP contribution in [0.4, 0.5) is 11.4 Å². The Hall–Kier alpha value is -1.26. The van der Waals surface area contributed by atoms with Crippen molar-refractivity contribution in [2.45, 2.75) is 19.8 Å². The minimum absolute atomic E-state index is 0.907. The quantitative estimate of drug-likeness (QED) is 0.892. The molecule has 2 aliphatic rings. The SMILES string of the molecule is CNc1ccc(N2CCN(CC3CCNCC3)CC2)cc1C. The van der Waals surface area contributed by atoms with Crippen LogP contribution in [0.15, 0.2) is 18.2 Å². The van der Waals surface area contributed by atoms with E-state index in [1.54, 1.807) is 0 Å². The van der Waals surface area contributed by atoms with Gasteiger partial charge in [0, 0.05) is 51.1 Å². The molecule has 2 N–H and O–H groups in total. The molecule has 2 aliphatic heterocycles. The van der Waals surface area contributed by atoms with Gasteiger partial charge in [-0.15, -0.1) is 0 Å². The number of aryl methyl sites for hydroxylation is 1. The third-order valence-electron chi connectivity index (χ3n) is 5.19. The highest BCUT2D eigenvalue weighted by Gasteiger charge is 2.21. The molecule has 122 valence electrons. The van der Waals surface area contributed by atoms with Gasteiger partial charge in [-0.25, -0.2) is 0 Å². The number of rotatable bonds is 4. The Balaban J connectivity index is 1.51. The molecular formula is C18H30N4. The summed E-state index contributed by atoms with van der Waals surface area (Å²) in [6.07, 6.45) is 2.70. The Morgan fingerprint density at radius 3 is 2.50 bits per heavy atom. The number of benzene rings is 1. The maximum atomic E-state index is 3.46. The van der Waals surface area contributed by atoms with Crippen LogP contribution in [0.5, 0.6) is 0 Å². The zero-order valence-corrected chi connectivity index (χ0v) is 14.1. The van der Waals surface area contributed by atoms with E-state index in [0.717, 1.165) is 19.0 Å². The highest BCUT2D eigenvalue weighted by Crippen LogP contribution is 2.24. The molecule has 2 saturated heterocycles. The Labute approximate surface area is 134 Å². The predicted molar refractivity (Wildman–Crippen MR) is 95.0 cm³/mol. The summed E-state index contributed by atoms with van der Waals surface area (Å²) in [5.74, 6) is 0.907. The van der Waals surface area contributed by atoms with E-state index in [1.165, 1.54) is 62.5 Å². The van der Waals surface area contributed by atoms with Crippen molar-refractivity contribution < 1.29 is 0 Å². The molecule has 2 heterocycles. The molecule has 0 aliphatic carbocycles. The van der Waals surface area contributed by atoms with E-state index in [1.807, 2.05) is 7.05 Å². The number of hydrogen-bond donors (Lipinski definition) is 2. The molecule has 0 aromatic heterocycles. The summed E-state index contributed by atoms with van der Waals surface area (Å²) < 4.78 is 0. The van der Waals surface area contributed by atoms with Crippen molar-refractivity contribution in [2.75, 3.05) is 63.1 Å². The Morgan fingerprint density at radius 1 is 1.14 bits per heavy atom. The third kappa shape index (κ3) is 3.73. The number of piperidine rings is 1. The van der Waals surface area contributed by atoms with Crippen molar-refractivity contribution in [3.8, 4) is 0 Å². The van der Waals surface area contributed by atoms with E-state index in [4.69, 9.17) is 0 Å². The largest absolute Gasteiger partial charge is 0.388 e. The van der Waals surface area contributed by atoms with Crippen LogP contribution < -0.4 is 15.5 Å². The second-order valence-electron chi connectivity index (χ2n) is 6.73. The van der Waals surface area contributed by atoms with Crippen molar-refractivity contribution in [1.82, 2.24) is 10.2 Å². The number of hydrogen-bond acceptors (Lipinski definition) is 4. The molecule has 3 rings (SSSR count). The van der Waals surface area contributed by atoms with Gasteiger partial charge >= 0.3 is 0 Å². The molecule has 22 heavy (non-hydrogen) atoms. The average molecular weight is 302 g/mol. The lowest BCUT2D eigenvalue weighted by Gasteiger charge is -2.38. The second-order valence-corrected chi connectivity index (χ2v) is 6.73. The van der Waals surface area contributed by atoms with Crippen molar-refractivity contribution in [3.05, 3.63) is 23.8 Å². The van der Waals surface area contributed by atoms with E-state index in [-0.39, 0.29) is 0 Å². The molecule has 1 aromatic carbocycles. The molecule has 1 aromatic rings. The van der Waals surface area contributed by atoms with Crippen LogP contribution in [0, 0.1) is 12.8 Å². The molecule has 2 fully saturated rings. The Morgan fingerprint density at radius 2 is 1.86 bits per heavy atom. The summed E-state index contributed by atoms with van der Waals surface area (Å²) in [5, 5.41) is 6.71. The Kier molecular flexibility index (Phi) is 5.21. The van der Waals surface area contributed by atoms with Crippen molar-refractivity contribution in [1.29, 1.82) is 0 Å². The fourth-order valence-corrected chi connectivity index (χ4v) is 3.74. The standard InChI is InChI=1S/C18H30N4/c1-15-13-17(3-4-18(15)19-2)22-11-9-21(10-12-22)14-16-5-7-20-8-6-16/h3-4,13,16,19-20H,5-12,14H2,1-2H3. The number of anilines is 2. The van der Waals surface area contributed by atoms with Crippen LogP contribution in [0.3, 0.4) is 0 Å². The number of piperazine rings is 1. The molecule has 0 atom stereocenters.